The number of hydrogen-bond acceptors (Lipinski definition) is 5. The van der Waals surface area contributed by atoms with E-state index >= 15 is 0 Å². The molecule has 6 nitrogen and oxygen atoms in total. The largest absolute Gasteiger partial charge is 0.339 e. The van der Waals surface area contributed by atoms with Crippen molar-refractivity contribution in [3.63, 3.8) is 0 Å². The first-order chi connectivity index (χ1) is 11.3. The Morgan fingerprint density at radius 3 is 2.67 bits per heavy atom. The standard InChI is InChI=1S/C16H24F2N4O2/c1-10-20-14(24-21-10)12-4-2-11(3-5-12)8-13(19)15(23)22-7-6-16(17,18)9-22/h11-13H,2-9,19H2,1H3/t11?,12?,13-/m0/s1. The number of amides is 1. The van der Waals surface area contributed by atoms with E-state index in [1.807, 2.05) is 0 Å². The van der Waals surface area contributed by atoms with Gasteiger partial charge in [0.2, 0.25) is 11.8 Å². The number of carbonyl (C=O) groups excluding carboxylic acids is 1. The normalized spacial score (nSPS) is 28.1. The number of nitrogens with zero attached hydrogens (tertiary/aromatic N) is 3. The first kappa shape index (κ1) is 17.3. The van der Waals surface area contributed by atoms with Crippen molar-refractivity contribution in [1.29, 1.82) is 0 Å². The van der Waals surface area contributed by atoms with Gasteiger partial charge in [-0.25, -0.2) is 8.78 Å². The van der Waals surface area contributed by atoms with Crippen molar-refractivity contribution in [2.24, 2.45) is 11.7 Å². The van der Waals surface area contributed by atoms with Gasteiger partial charge in [0, 0.05) is 18.9 Å². The zero-order valence-corrected chi connectivity index (χ0v) is 13.9. The van der Waals surface area contributed by atoms with Crippen LogP contribution in [0.3, 0.4) is 0 Å². The van der Waals surface area contributed by atoms with Crippen molar-refractivity contribution < 1.29 is 18.1 Å². The van der Waals surface area contributed by atoms with Crippen molar-refractivity contribution in [2.75, 3.05) is 13.1 Å². The molecule has 24 heavy (non-hydrogen) atoms. The molecule has 8 heteroatoms. The molecule has 2 N–H and O–H groups in total. The minimum Gasteiger partial charge on any atom is -0.339 e. The van der Waals surface area contributed by atoms with Gasteiger partial charge < -0.3 is 15.2 Å². The van der Waals surface area contributed by atoms with E-state index in [9.17, 15) is 13.6 Å². The summed E-state index contributed by atoms with van der Waals surface area (Å²) < 4.78 is 31.7. The molecule has 1 amide bonds. The summed E-state index contributed by atoms with van der Waals surface area (Å²) in [7, 11) is 0. The second kappa shape index (κ2) is 6.74. The van der Waals surface area contributed by atoms with Crippen LogP contribution in [0, 0.1) is 12.8 Å². The van der Waals surface area contributed by atoms with Crippen LogP contribution in [0.25, 0.3) is 0 Å². The SMILES string of the molecule is Cc1noc(C2CCC(C[C@H](N)C(=O)N3CCC(F)(F)C3)CC2)n1. The number of halogens is 2. The molecule has 3 rings (SSSR count). The molecule has 2 fully saturated rings. The molecule has 1 aliphatic heterocycles. The lowest BCUT2D eigenvalue weighted by atomic mass is 9.79. The number of likely N-dealkylation sites (tertiary alicyclic amines) is 1. The molecule has 1 saturated heterocycles. The van der Waals surface area contributed by atoms with Gasteiger partial charge in [0.1, 0.15) is 0 Å². The molecule has 2 aliphatic rings. The third-order valence-corrected chi connectivity index (χ3v) is 5.13. The van der Waals surface area contributed by atoms with Gasteiger partial charge >= 0.3 is 0 Å². The molecule has 0 bridgehead atoms. The number of aromatic nitrogens is 2. The van der Waals surface area contributed by atoms with Crippen LogP contribution < -0.4 is 5.73 Å². The molecule has 0 unspecified atom stereocenters. The van der Waals surface area contributed by atoms with Crippen molar-refractivity contribution in [2.45, 2.75) is 63.3 Å². The number of carbonyl (C=O) groups is 1. The van der Waals surface area contributed by atoms with Crippen molar-refractivity contribution in [3.8, 4) is 0 Å². The Morgan fingerprint density at radius 1 is 1.42 bits per heavy atom. The lowest BCUT2D eigenvalue weighted by Crippen LogP contribution is -2.44. The van der Waals surface area contributed by atoms with Crippen molar-refractivity contribution >= 4 is 5.91 Å². The Balaban J connectivity index is 1.46. The minimum atomic E-state index is -2.77. The maximum Gasteiger partial charge on any atom is 0.267 e. The second-order valence-electron chi connectivity index (χ2n) is 7.11. The van der Waals surface area contributed by atoms with Crippen LogP contribution in [-0.2, 0) is 4.79 Å². The van der Waals surface area contributed by atoms with Crippen LogP contribution in [0.5, 0.6) is 0 Å². The lowest BCUT2D eigenvalue weighted by Gasteiger charge is -2.29. The fourth-order valence-electron chi connectivity index (χ4n) is 3.74. The smallest absolute Gasteiger partial charge is 0.267 e. The molecule has 2 heterocycles. The quantitative estimate of drug-likeness (QED) is 0.907. The highest BCUT2D eigenvalue weighted by Crippen LogP contribution is 2.37. The number of hydrogen-bond donors (Lipinski definition) is 1. The third kappa shape index (κ3) is 3.91. The van der Waals surface area contributed by atoms with Crippen LogP contribution in [0.15, 0.2) is 4.52 Å². The van der Waals surface area contributed by atoms with E-state index in [0.717, 1.165) is 25.7 Å². The molecule has 1 aliphatic carbocycles. The van der Waals surface area contributed by atoms with E-state index < -0.39 is 18.5 Å². The fourth-order valence-corrected chi connectivity index (χ4v) is 3.74. The minimum absolute atomic E-state index is 0.1000. The Bertz CT molecular complexity index is 584. The van der Waals surface area contributed by atoms with Gasteiger partial charge in [-0.05, 0) is 44.9 Å². The van der Waals surface area contributed by atoms with E-state index in [4.69, 9.17) is 10.3 Å². The first-order valence-corrected chi connectivity index (χ1v) is 8.56. The van der Waals surface area contributed by atoms with E-state index in [1.54, 1.807) is 6.92 Å². The average molecular weight is 342 g/mol. The van der Waals surface area contributed by atoms with Gasteiger partial charge in [0.15, 0.2) is 5.82 Å². The highest BCUT2D eigenvalue weighted by molar-refractivity contribution is 5.82. The number of rotatable bonds is 4. The highest BCUT2D eigenvalue weighted by Gasteiger charge is 2.41. The van der Waals surface area contributed by atoms with Crippen LogP contribution in [0.1, 0.15) is 56.2 Å². The summed E-state index contributed by atoms with van der Waals surface area (Å²) in [5.41, 5.74) is 5.99. The van der Waals surface area contributed by atoms with E-state index in [1.165, 1.54) is 4.90 Å². The molecule has 0 spiro atoms. The average Bonchev–Trinajstić information content (AvgIpc) is 3.13. The Kier molecular flexibility index (Phi) is 4.85. The summed E-state index contributed by atoms with van der Waals surface area (Å²) in [5.74, 6) is -1.18. The predicted octanol–water partition coefficient (Wildman–Crippen LogP) is 2.24. The monoisotopic (exact) mass is 342 g/mol. The molecule has 134 valence electrons. The third-order valence-electron chi connectivity index (χ3n) is 5.13. The van der Waals surface area contributed by atoms with Gasteiger partial charge in [-0.1, -0.05) is 5.16 Å². The zero-order valence-electron chi connectivity index (χ0n) is 13.9. The molecule has 1 aromatic rings. The summed E-state index contributed by atoms with van der Waals surface area (Å²) in [6.07, 6.45) is 4.01. The maximum absolute atomic E-state index is 13.2. The molecule has 0 radical (unpaired) electrons. The van der Waals surface area contributed by atoms with E-state index in [0.29, 0.717) is 24.1 Å². The van der Waals surface area contributed by atoms with Crippen LogP contribution in [0.2, 0.25) is 0 Å². The molecule has 1 saturated carbocycles. The highest BCUT2D eigenvalue weighted by atomic mass is 19.3. The predicted molar refractivity (Wildman–Crippen MR) is 82.5 cm³/mol. The lowest BCUT2D eigenvalue weighted by molar-refractivity contribution is -0.133. The maximum atomic E-state index is 13.2. The Morgan fingerprint density at radius 2 is 2.12 bits per heavy atom. The zero-order chi connectivity index (χ0) is 17.3. The summed E-state index contributed by atoms with van der Waals surface area (Å²) in [6.45, 7) is 1.40. The second-order valence-corrected chi connectivity index (χ2v) is 7.11. The van der Waals surface area contributed by atoms with Gasteiger partial charge in [-0.3, -0.25) is 4.79 Å². The summed E-state index contributed by atoms with van der Waals surface area (Å²) >= 11 is 0. The van der Waals surface area contributed by atoms with Gasteiger partial charge in [0.25, 0.3) is 5.92 Å². The molecule has 1 atom stereocenters. The first-order valence-electron chi connectivity index (χ1n) is 8.56. The van der Waals surface area contributed by atoms with Crippen molar-refractivity contribution in [3.05, 3.63) is 11.7 Å². The Labute approximate surface area is 139 Å². The van der Waals surface area contributed by atoms with Gasteiger partial charge in [-0.2, -0.15) is 4.98 Å². The van der Waals surface area contributed by atoms with Crippen LogP contribution in [0.4, 0.5) is 8.78 Å². The molecular weight excluding hydrogens is 318 g/mol. The van der Waals surface area contributed by atoms with Gasteiger partial charge in [0.05, 0.1) is 12.6 Å². The van der Waals surface area contributed by atoms with Gasteiger partial charge in [-0.15, -0.1) is 0 Å². The van der Waals surface area contributed by atoms with E-state index in [2.05, 4.69) is 10.1 Å². The number of nitrogens with two attached hydrogens (primary N) is 1. The summed E-state index contributed by atoms with van der Waals surface area (Å²) in [4.78, 5) is 17.7. The number of alkyl halides is 2. The number of aryl methyl sites for hydroxylation is 1. The van der Waals surface area contributed by atoms with Crippen molar-refractivity contribution in [1.82, 2.24) is 15.0 Å². The topological polar surface area (TPSA) is 85.2 Å². The van der Waals surface area contributed by atoms with Crippen LogP contribution >= 0.6 is 0 Å². The molecule has 1 aromatic heterocycles. The molecular formula is C16H24F2N4O2. The van der Waals surface area contributed by atoms with Crippen LogP contribution in [-0.4, -0.2) is 46.0 Å². The summed E-state index contributed by atoms with van der Waals surface area (Å²) in [5, 5.41) is 3.82. The summed E-state index contributed by atoms with van der Waals surface area (Å²) in [6, 6.07) is -0.689. The fraction of sp³-hybridized carbons (Fsp3) is 0.812. The Hall–Kier alpha value is -1.57. The van der Waals surface area contributed by atoms with E-state index in [-0.39, 0.29) is 24.8 Å². The molecule has 0 aromatic carbocycles.